The second-order valence-electron chi connectivity index (χ2n) is 11.4. The third-order valence-electron chi connectivity index (χ3n) is 8.27. The number of aryl methyl sites for hydroxylation is 1. The number of aliphatic hydroxyl groups is 1. The number of sulfonamides is 1. The Morgan fingerprint density at radius 3 is 2.30 bits per heavy atom. The summed E-state index contributed by atoms with van der Waals surface area (Å²) in [5.41, 5.74) is 2.27. The lowest BCUT2D eigenvalue weighted by molar-refractivity contribution is -0.0222. The number of rotatable bonds is 8. The second kappa shape index (κ2) is 10.7. The van der Waals surface area contributed by atoms with Crippen molar-refractivity contribution in [3.63, 3.8) is 0 Å². The van der Waals surface area contributed by atoms with E-state index in [1.807, 2.05) is 0 Å². The van der Waals surface area contributed by atoms with E-state index in [0.717, 1.165) is 25.9 Å². The molecule has 3 N–H and O–H groups in total. The number of carbonyl (C=O) groups excluding carboxylic acids is 1. The quantitative estimate of drug-likeness (QED) is 0.432. The van der Waals surface area contributed by atoms with Crippen molar-refractivity contribution in [2.45, 2.75) is 63.5 Å². The number of aromatic nitrogens is 2. The summed E-state index contributed by atoms with van der Waals surface area (Å²) in [6.45, 7) is 4.39. The van der Waals surface area contributed by atoms with Crippen LogP contribution in [0.1, 0.15) is 61.5 Å². The van der Waals surface area contributed by atoms with E-state index in [9.17, 15) is 27.1 Å². The zero-order chi connectivity index (χ0) is 28.7. The minimum Gasteiger partial charge on any atom is -0.395 e. The third kappa shape index (κ3) is 6.30. The molecule has 0 radical (unpaired) electrons. The van der Waals surface area contributed by atoms with E-state index < -0.39 is 33.7 Å². The number of aliphatic hydroxyl groups excluding tert-OH is 1. The van der Waals surface area contributed by atoms with Crippen LogP contribution in [0.15, 0.2) is 24.3 Å². The summed E-state index contributed by atoms with van der Waals surface area (Å²) in [7, 11) is -3.82. The van der Waals surface area contributed by atoms with Crippen molar-refractivity contribution in [3.05, 3.63) is 35.5 Å². The zero-order valence-corrected chi connectivity index (χ0v) is 23.6. The standard InChI is InChI=1S/C27H36F2N6O4S/c1-18-15-23(32-25(30-18)35-13-9-27(28,29)10-14-35)31-24(37)21-4-3-20(33-40(38,39)19(2)17-36)16-22(21)34-11-7-26(5-6-26)8-12-34/h3-4,15-16,19,33,36H,5-14,17H2,1-2H3,(H,30,31,32,37). The average Bonchev–Trinajstić information content (AvgIpc) is 3.66. The fourth-order valence-corrected chi connectivity index (χ4v) is 6.14. The van der Waals surface area contributed by atoms with Gasteiger partial charge in [0.15, 0.2) is 0 Å². The van der Waals surface area contributed by atoms with Gasteiger partial charge in [-0.2, -0.15) is 4.98 Å². The van der Waals surface area contributed by atoms with Gasteiger partial charge in [0.2, 0.25) is 16.0 Å². The first-order valence-electron chi connectivity index (χ1n) is 13.7. The van der Waals surface area contributed by atoms with E-state index in [1.54, 1.807) is 30.0 Å². The molecule has 1 aromatic heterocycles. The van der Waals surface area contributed by atoms with E-state index in [-0.39, 0.29) is 31.7 Å². The van der Waals surface area contributed by atoms with Crippen molar-refractivity contribution in [2.75, 3.05) is 52.6 Å². The Morgan fingerprint density at radius 1 is 1.02 bits per heavy atom. The lowest BCUT2D eigenvalue weighted by Gasteiger charge is -2.35. The molecule has 3 aliphatic rings. The number of hydrogen-bond acceptors (Lipinski definition) is 8. The van der Waals surface area contributed by atoms with Gasteiger partial charge < -0.3 is 20.2 Å². The molecule has 2 aromatic rings. The predicted octanol–water partition coefficient (Wildman–Crippen LogP) is 3.78. The number of amides is 1. The van der Waals surface area contributed by atoms with Crippen LogP contribution >= 0.6 is 0 Å². The molecular weight excluding hydrogens is 542 g/mol. The smallest absolute Gasteiger partial charge is 0.258 e. The first-order chi connectivity index (χ1) is 18.9. The number of nitrogens with zero attached hydrogens (tertiary/aromatic N) is 4. The van der Waals surface area contributed by atoms with Crippen LogP contribution < -0.4 is 19.8 Å². The van der Waals surface area contributed by atoms with Crippen molar-refractivity contribution in [2.24, 2.45) is 5.41 Å². The Bertz CT molecular complexity index is 1370. The Hall–Kier alpha value is -3.06. The fraction of sp³-hybridized carbons (Fsp3) is 0.593. The summed E-state index contributed by atoms with van der Waals surface area (Å²) in [6, 6.07) is 6.38. The van der Waals surface area contributed by atoms with E-state index in [0.29, 0.717) is 34.0 Å². The molecule has 40 heavy (non-hydrogen) atoms. The fourth-order valence-electron chi connectivity index (χ4n) is 5.29. The molecule has 10 nitrogen and oxygen atoms in total. The van der Waals surface area contributed by atoms with Gasteiger partial charge in [-0.15, -0.1) is 0 Å². The lowest BCUT2D eigenvalue weighted by Crippen LogP contribution is -2.40. The molecule has 1 atom stereocenters. The highest BCUT2D eigenvalue weighted by Crippen LogP contribution is 2.54. The molecule has 1 aliphatic carbocycles. The number of anilines is 4. The van der Waals surface area contributed by atoms with Crippen molar-refractivity contribution >= 4 is 39.1 Å². The summed E-state index contributed by atoms with van der Waals surface area (Å²) < 4.78 is 55.0. The van der Waals surface area contributed by atoms with Crippen LogP contribution in [0.3, 0.4) is 0 Å². The monoisotopic (exact) mass is 578 g/mol. The molecule has 2 saturated heterocycles. The minimum absolute atomic E-state index is 0.122. The van der Waals surface area contributed by atoms with Gasteiger partial charge in [0, 0.05) is 50.8 Å². The van der Waals surface area contributed by atoms with Gasteiger partial charge in [0.1, 0.15) is 11.1 Å². The number of alkyl halides is 2. The molecule has 1 saturated carbocycles. The van der Waals surface area contributed by atoms with E-state index in [4.69, 9.17) is 0 Å². The van der Waals surface area contributed by atoms with Crippen LogP contribution in [0.4, 0.5) is 31.9 Å². The summed E-state index contributed by atoms with van der Waals surface area (Å²) in [5, 5.41) is 11.2. The first-order valence-corrected chi connectivity index (χ1v) is 15.2. The maximum Gasteiger partial charge on any atom is 0.258 e. The minimum atomic E-state index is -3.82. The van der Waals surface area contributed by atoms with Crippen LogP contribution in [0.25, 0.3) is 0 Å². The summed E-state index contributed by atoms with van der Waals surface area (Å²) >= 11 is 0. The van der Waals surface area contributed by atoms with E-state index in [2.05, 4.69) is 24.9 Å². The average molecular weight is 579 g/mol. The van der Waals surface area contributed by atoms with Crippen molar-refractivity contribution in [1.82, 2.24) is 9.97 Å². The Kier molecular flexibility index (Phi) is 7.64. The highest BCUT2D eigenvalue weighted by Gasteiger charge is 2.44. The molecule has 1 unspecified atom stereocenters. The molecular formula is C27H36F2N6O4S. The van der Waals surface area contributed by atoms with E-state index >= 15 is 0 Å². The lowest BCUT2D eigenvalue weighted by atomic mass is 9.93. The molecule has 0 bridgehead atoms. The zero-order valence-electron chi connectivity index (χ0n) is 22.8. The van der Waals surface area contributed by atoms with Gasteiger partial charge in [0.05, 0.1) is 23.5 Å². The molecule has 1 spiro atoms. The third-order valence-corrected chi connectivity index (χ3v) is 10.0. The van der Waals surface area contributed by atoms with Crippen LogP contribution in [-0.2, 0) is 10.0 Å². The molecule has 1 amide bonds. The van der Waals surface area contributed by atoms with Gasteiger partial charge >= 0.3 is 0 Å². The number of hydrogen-bond donors (Lipinski definition) is 3. The summed E-state index contributed by atoms with van der Waals surface area (Å²) in [5.74, 6) is -2.57. The highest BCUT2D eigenvalue weighted by molar-refractivity contribution is 7.93. The van der Waals surface area contributed by atoms with Gasteiger partial charge in [0.25, 0.3) is 11.8 Å². The van der Waals surface area contributed by atoms with Gasteiger partial charge in [-0.3, -0.25) is 9.52 Å². The molecule has 2 aliphatic heterocycles. The number of benzene rings is 1. The summed E-state index contributed by atoms with van der Waals surface area (Å²) in [6.07, 6.45) is 3.90. The van der Waals surface area contributed by atoms with E-state index in [1.165, 1.54) is 25.8 Å². The number of piperidine rings is 2. The molecule has 1 aromatic carbocycles. The highest BCUT2D eigenvalue weighted by atomic mass is 32.2. The van der Waals surface area contributed by atoms with Crippen LogP contribution in [-0.4, -0.2) is 73.4 Å². The van der Waals surface area contributed by atoms with Crippen molar-refractivity contribution in [3.8, 4) is 0 Å². The molecule has 3 fully saturated rings. The molecule has 218 valence electrons. The van der Waals surface area contributed by atoms with Crippen molar-refractivity contribution in [1.29, 1.82) is 0 Å². The van der Waals surface area contributed by atoms with Gasteiger partial charge in [-0.25, -0.2) is 22.2 Å². The molecule has 3 heterocycles. The first kappa shape index (κ1) is 28.5. The second-order valence-corrected chi connectivity index (χ2v) is 13.4. The Labute approximate surface area is 233 Å². The number of halogens is 2. The van der Waals surface area contributed by atoms with Crippen LogP contribution in [0.2, 0.25) is 0 Å². The Morgan fingerprint density at radius 2 is 1.68 bits per heavy atom. The van der Waals surface area contributed by atoms with Gasteiger partial charge in [-0.1, -0.05) is 0 Å². The maximum atomic E-state index is 13.6. The number of nitrogens with one attached hydrogen (secondary N) is 2. The van der Waals surface area contributed by atoms with Crippen LogP contribution in [0.5, 0.6) is 0 Å². The molecule has 5 rings (SSSR count). The largest absolute Gasteiger partial charge is 0.395 e. The van der Waals surface area contributed by atoms with Crippen molar-refractivity contribution < 1.29 is 27.1 Å². The van der Waals surface area contributed by atoms with Gasteiger partial charge in [-0.05, 0) is 63.1 Å². The van der Waals surface area contributed by atoms with Crippen LogP contribution in [0, 0.1) is 12.3 Å². The maximum absolute atomic E-state index is 13.6. The predicted molar refractivity (Wildman–Crippen MR) is 150 cm³/mol. The normalized spacial score (nSPS) is 20.7. The number of carbonyl (C=O) groups is 1. The topological polar surface area (TPSA) is 128 Å². The SMILES string of the molecule is Cc1cc(NC(=O)c2ccc(NS(=O)(=O)C(C)CO)cc2N2CCC3(CC2)CC3)nc(N2CCC(F)(F)CC2)n1. The Balaban J connectivity index is 1.39. The molecule has 13 heteroatoms. The summed E-state index contributed by atoms with van der Waals surface area (Å²) in [4.78, 5) is 26.2.